The van der Waals surface area contributed by atoms with E-state index in [0.29, 0.717) is 17.8 Å². The van der Waals surface area contributed by atoms with Crippen LogP contribution in [0.5, 0.6) is 11.5 Å². The summed E-state index contributed by atoms with van der Waals surface area (Å²) in [5.74, 6) is 2.43. The van der Waals surface area contributed by atoms with Crippen molar-refractivity contribution < 1.29 is 9.47 Å². The van der Waals surface area contributed by atoms with Gasteiger partial charge in [-0.2, -0.15) is 0 Å². The van der Waals surface area contributed by atoms with Crippen molar-refractivity contribution in [1.29, 1.82) is 0 Å². The van der Waals surface area contributed by atoms with Crippen LogP contribution < -0.4 is 20.1 Å². The lowest BCUT2D eigenvalue weighted by molar-refractivity contribution is 0.207. The van der Waals surface area contributed by atoms with Crippen LogP contribution in [-0.4, -0.2) is 37.7 Å². The van der Waals surface area contributed by atoms with E-state index in [1.165, 1.54) is 12.8 Å². The minimum atomic E-state index is 0. The van der Waals surface area contributed by atoms with Crippen LogP contribution >= 0.6 is 35.6 Å². The third-order valence-corrected chi connectivity index (χ3v) is 5.26. The van der Waals surface area contributed by atoms with Gasteiger partial charge >= 0.3 is 0 Å². The van der Waals surface area contributed by atoms with E-state index >= 15 is 0 Å². The van der Waals surface area contributed by atoms with Crippen molar-refractivity contribution in [3.63, 3.8) is 0 Å². The highest BCUT2D eigenvalue weighted by Crippen LogP contribution is 2.29. The maximum atomic E-state index is 6.27. The second kappa shape index (κ2) is 12.8. The van der Waals surface area contributed by atoms with Crippen LogP contribution in [0.15, 0.2) is 41.5 Å². The molecule has 3 rings (SSSR count). The molecule has 2 N–H and O–H groups in total. The number of benzene rings is 1. The second-order valence-electron chi connectivity index (χ2n) is 7.09. The van der Waals surface area contributed by atoms with Crippen LogP contribution in [0.1, 0.15) is 36.8 Å². The molecule has 1 fully saturated rings. The molecule has 1 aromatic carbocycles. The average Bonchev–Trinajstić information content (AvgIpc) is 3.25. The van der Waals surface area contributed by atoms with Crippen LogP contribution in [0, 0.1) is 0 Å². The van der Waals surface area contributed by atoms with Gasteiger partial charge in [0, 0.05) is 38.0 Å². The van der Waals surface area contributed by atoms with Gasteiger partial charge in [0.2, 0.25) is 0 Å². The minimum Gasteiger partial charge on any atom is -0.497 e. The Labute approximate surface area is 200 Å². The van der Waals surface area contributed by atoms with Gasteiger partial charge in [0.1, 0.15) is 16.7 Å². The molecule has 2 aromatic rings. The molecular weight excluding hydrogens is 515 g/mol. The Hall–Kier alpha value is -1.74. The number of nitrogens with one attached hydrogen (secondary N) is 2. The molecule has 0 radical (unpaired) electrons. The van der Waals surface area contributed by atoms with Crippen LogP contribution in [0.2, 0.25) is 5.15 Å². The number of aromatic nitrogens is 1. The summed E-state index contributed by atoms with van der Waals surface area (Å²) in [7, 11) is 3.44. The summed E-state index contributed by atoms with van der Waals surface area (Å²) in [5, 5.41) is 7.20. The first kappa shape index (κ1) is 24.5. The lowest BCUT2D eigenvalue weighted by Gasteiger charge is -2.19. The molecule has 0 amide bonds. The number of nitrogens with zero attached hydrogens (tertiary/aromatic N) is 2. The molecule has 0 spiro atoms. The zero-order chi connectivity index (χ0) is 20.5. The predicted octanol–water partition coefficient (Wildman–Crippen LogP) is 4.59. The summed E-state index contributed by atoms with van der Waals surface area (Å²) < 4.78 is 11.6. The number of hydrogen-bond acceptors (Lipinski definition) is 4. The highest BCUT2D eigenvalue weighted by Gasteiger charge is 2.18. The molecule has 1 heterocycles. The minimum absolute atomic E-state index is 0. The summed E-state index contributed by atoms with van der Waals surface area (Å²) in [6, 6.07) is 9.76. The summed E-state index contributed by atoms with van der Waals surface area (Å²) in [6.07, 6.45) is 7.64. The molecule has 0 saturated heterocycles. The van der Waals surface area contributed by atoms with Crippen LogP contribution in [0.25, 0.3) is 0 Å². The Morgan fingerprint density at radius 3 is 2.67 bits per heavy atom. The van der Waals surface area contributed by atoms with Crippen LogP contribution in [-0.2, 0) is 13.0 Å². The summed E-state index contributed by atoms with van der Waals surface area (Å²) in [6.45, 7) is 1.37. The third kappa shape index (κ3) is 7.50. The molecule has 1 aliphatic rings. The number of guanidine groups is 1. The predicted molar refractivity (Wildman–Crippen MR) is 132 cm³/mol. The first-order valence-electron chi connectivity index (χ1n) is 10.1. The maximum absolute atomic E-state index is 6.27. The van der Waals surface area contributed by atoms with Gasteiger partial charge < -0.3 is 20.1 Å². The lowest BCUT2D eigenvalue weighted by atomic mass is 10.1. The van der Waals surface area contributed by atoms with Gasteiger partial charge in [-0.05, 0) is 55.9 Å². The SMILES string of the molecule is CN=C(NCCc1ccc(Cl)nc1)NCc1ccc(OC)cc1OC1CCCC1.I. The number of aliphatic imine (C=N–C) groups is 1. The van der Waals surface area contributed by atoms with Crippen molar-refractivity contribution in [3.8, 4) is 11.5 Å². The number of methoxy groups -OCH3 is 1. The van der Waals surface area contributed by atoms with Gasteiger partial charge in [-0.15, -0.1) is 24.0 Å². The number of rotatable bonds is 8. The van der Waals surface area contributed by atoms with Gasteiger partial charge in [0.25, 0.3) is 0 Å². The molecule has 1 aliphatic carbocycles. The normalized spacial score (nSPS) is 14.2. The Balaban J connectivity index is 0.00000320. The van der Waals surface area contributed by atoms with E-state index in [9.17, 15) is 0 Å². The number of hydrogen-bond donors (Lipinski definition) is 2. The maximum Gasteiger partial charge on any atom is 0.191 e. The number of ether oxygens (including phenoxy) is 2. The Kier molecular flexibility index (Phi) is 10.5. The molecular formula is C22H30ClIN4O2. The largest absolute Gasteiger partial charge is 0.497 e. The van der Waals surface area contributed by atoms with Crippen molar-refractivity contribution in [1.82, 2.24) is 15.6 Å². The molecule has 0 atom stereocenters. The monoisotopic (exact) mass is 544 g/mol. The highest BCUT2D eigenvalue weighted by molar-refractivity contribution is 14.0. The van der Waals surface area contributed by atoms with Crippen molar-refractivity contribution in [3.05, 3.63) is 52.8 Å². The Morgan fingerprint density at radius 2 is 2.00 bits per heavy atom. The van der Waals surface area contributed by atoms with Gasteiger partial charge in [-0.1, -0.05) is 17.7 Å². The van der Waals surface area contributed by atoms with Crippen molar-refractivity contribution >= 4 is 41.5 Å². The number of pyridine rings is 1. The van der Waals surface area contributed by atoms with Crippen LogP contribution in [0.4, 0.5) is 0 Å². The highest BCUT2D eigenvalue weighted by atomic mass is 127. The van der Waals surface area contributed by atoms with Crippen LogP contribution in [0.3, 0.4) is 0 Å². The smallest absolute Gasteiger partial charge is 0.191 e. The molecule has 8 heteroatoms. The molecule has 164 valence electrons. The van der Waals surface area contributed by atoms with E-state index in [4.69, 9.17) is 21.1 Å². The zero-order valence-corrected chi connectivity index (χ0v) is 20.6. The fourth-order valence-corrected chi connectivity index (χ4v) is 3.49. The topological polar surface area (TPSA) is 67.8 Å². The van der Waals surface area contributed by atoms with Crippen molar-refractivity contribution in [2.75, 3.05) is 20.7 Å². The molecule has 30 heavy (non-hydrogen) atoms. The van der Waals surface area contributed by atoms with E-state index in [0.717, 1.165) is 54.4 Å². The summed E-state index contributed by atoms with van der Waals surface area (Å²) >= 11 is 5.83. The number of halogens is 2. The molecule has 6 nitrogen and oxygen atoms in total. The molecule has 0 aliphatic heterocycles. The second-order valence-corrected chi connectivity index (χ2v) is 7.48. The average molecular weight is 545 g/mol. The Morgan fingerprint density at radius 1 is 1.20 bits per heavy atom. The fourth-order valence-electron chi connectivity index (χ4n) is 3.38. The van der Waals surface area contributed by atoms with Gasteiger partial charge in [0.05, 0.1) is 13.2 Å². The van der Waals surface area contributed by atoms with E-state index < -0.39 is 0 Å². The van der Waals surface area contributed by atoms with Crippen molar-refractivity contribution in [2.45, 2.75) is 44.8 Å². The third-order valence-electron chi connectivity index (χ3n) is 5.03. The standard InChI is InChI=1S/C22H29ClN4O2.HI/c1-24-22(25-12-11-16-7-10-21(23)26-14-16)27-15-17-8-9-19(28-2)13-20(17)29-18-5-3-4-6-18;/h7-10,13-14,18H,3-6,11-12,15H2,1-2H3,(H2,24,25,27);1H. The first-order chi connectivity index (χ1) is 14.2. The molecule has 1 saturated carbocycles. The van der Waals surface area contributed by atoms with Crippen molar-refractivity contribution in [2.24, 2.45) is 4.99 Å². The van der Waals surface area contributed by atoms with E-state index in [1.54, 1.807) is 26.4 Å². The van der Waals surface area contributed by atoms with Gasteiger partial charge in [-0.25, -0.2) is 4.98 Å². The fraction of sp³-hybridized carbons (Fsp3) is 0.455. The van der Waals surface area contributed by atoms with E-state index in [-0.39, 0.29) is 24.0 Å². The van der Waals surface area contributed by atoms with Gasteiger partial charge in [0.15, 0.2) is 5.96 Å². The molecule has 0 bridgehead atoms. The lowest BCUT2D eigenvalue weighted by Crippen LogP contribution is -2.38. The summed E-state index contributed by atoms with van der Waals surface area (Å²) in [4.78, 5) is 8.41. The van der Waals surface area contributed by atoms with E-state index in [1.807, 2.05) is 24.3 Å². The van der Waals surface area contributed by atoms with E-state index in [2.05, 4.69) is 20.6 Å². The molecule has 1 aromatic heterocycles. The zero-order valence-electron chi connectivity index (χ0n) is 17.5. The Bertz CT molecular complexity index is 811. The quantitative estimate of drug-likeness (QED) is 0.220. The van der Waals surface area contributed by atoms with Gasteiger partial charge in [-0.3, -0.25) is 4.99 Å². The summed E-state index contributed by atoms with van der Waals surface area (Å²) in [5.41, 5.74) is 2.21. The molecule has 0 unspecified atom stereocenters. The first-order valence-corrected chi connectivity index (χ1v) is 10.4.